The van der Waals surface area contributed by atoms with Crippen LogP contribution in [-0.2, 0) is 6.54 Å². The van der Waals surface area contributed by atoms with Gasteiger partial charge in [-0.05, 0) is 30.8 Å². The summed E-state index contributed by atoms with van der Waals surface area (Å²) in [6.45, 7) is 1.22. The maximum absolute atomic E-state index is 10.3. The van der Waals surface area contributed by atoms with Gasteiger partial charge in [-0.1, -0.05) is 30.3 Å². The molecule has 118 valence electrons. The number of benzene rings is 2. The summed E-state index contributed by atoms with van der Waals surface area (Å²) >= 11 is 0. The molecule has 1 atom stereocenters. The van der Waals surface area contributed by atoms with Crippen LogP contribution < -0.4 is 9.47 Å². The van der Waals surface area contributed by atoms with E-state index in [1.54, 1.807) is 14.2 Å². The molecule has 22 heavy (non-hydrogen) atoms. The van der Waals surface area contributed by atoms with Crippen LogP contribution in [0, 0.1) is 0 Å². The third-order valence-electron chi connectivity index (χ3n) is 3.60. The Morgan fingerprint density at radius 1 is 1.05 bits per heavy atom. The predicted molar refractivity (Wildman–Crippen MR) is 87.3 cm³/mol. The normalized spacial score (nSPS) is 12.2. The first-order valence-electron chi connectivity index (χ1n) is 7.26. The first kappa shape index (κ1) is 16.3. The Hall–Kier alpha value is -2.04. The van der Waals surface area contributed by atoms with Crippen molar-refractivity contribution in [2.75, 3.05) is 27.8 Å². The molecule has 0 heterocycles. The van der Waals surface area contributed by atoms with Gasteiger partial charge < -0.3 is 14.6 Å². The van der Waals surface area contributed by atoms with E-state index < -0.39 is 6.10 Å². The lowest BCUT2D eigenvalue weighted by Gasteiger charge is -2.22. The minimum Gasteiger partial charge on any atom is -0.497 e. The van der Waals surface area contributed by atoms with E-state index in [-0.39, 0.29) is 0 Å². The van der Waals surface area contributed by atoms with E-state index in [0.29, 0.717) is 13.1 Å². The molecule has 0 aliphatic heterocycles. The highest BCUT2D eigenvalue weighted by Gasteiger charge is 2.13. The Morgan fingerprint density at radius 2 is 1.77 bits per heavy atom. The monoisotopic (exact) mass is 301 g/mol. The molecule has 2 aromatic rings. The van der Waals surface area contributed by atoms with Crippen LogP contribution in [0.15, 0.2) is 48.5 Å². The number of nitrogens with zero attached hydrogens (tertiary/aromatic N) is 1. The highest BCUT2D eigenvalue weighted by Crippen LogP contribution is 2.25. The summed E-state index contributed by atoms with van der Waals surface area (Å²) in [5.74, 6) is 1.62. The van der Waals surface area contributed by atoms with Crippen molar-refractivity contribution >= 4 is 0 Å². The molecule has 0 bridgehead atoms. The smallest absolute Gasteiger partial charge is 0.123 e. The fourth-order valence-corrected chi connectivity index (χ4v) is 2.44. The van der Waals surface area contributed by atoms with Gasteiger partial charge in [0.1, 0.15) is 11.5 Å². The Morgan fingerprint density at radius 3 is 2.41 bits per heavy atom. The second-order valence-corrected chi connectivity index (χ2v) is 5.30. The number of aliphatic hydroxyl groups is 1. The topological polar surface area (TPSA) is 41.9 Å². The van der Waals surface area contributed by atoms with E-state index in [0.717, 1.165) is 22.6 Å². The number of rotatable bonds is 7. The van der Waals surface area contributed by atoms with Crippen molar-refractivity contribution in [3.05, 3.63) is 59.7 Å². The standard InChI is InChI=1S/C18H23NO3/c1-19(13-17(20)14-7-5-4-6-8-14)12-15-11-16(21-2)9-10-18(15)22-3/h4-11,17,20H,12-13H2,1-3H3. The number of hydrogen-bond acceptors (Lipinski definition) is 4. The van der Waals surface area contributed by atoms with Crippen LogP contribution >= 0.6 is 0 Å². The Kier molecular flexibility index (Phi) is 5.81. The van der Waals surface area contributed by atoms with E-state index in [4.69, 9.17) is 9.47 Å². The summed E-state index contributed by atoms with van der Waals surface area (Å²) in [7, 11) is 5.28. The zero-order valence-corrected chi connectivity index (χ0v) is 13.3. The second-order valence-electron chi connectivity index (χ2n) is 5.30. The van der Waals surface area contributed by atoms with Gasteiger partial charge in [-0.15, -0.1) is 0 Å². The maximum Gasteiger partial charge on any atom is 0.123 e. The van der Waals surface area contributed by atoms with Crippen LogP contribution in [-0.4, -0.2) is 37.8 Å². The van der Waals surface area contributed by atoms with Crippen LogP contribution in [0.5, 0.6) is 11.5 Å². The van der Waals surface area contributed by atoms with Crippen LogP contribution in [0.3, 0.4) is 0 Å². The molecule has 0 radical (unpaired) electrons. The summed E-state index contributed by atoms with van der Waals surface area (Å²) in [5, 5.41) is 10.3. The Bertz CT molecular complexity index is 586. The lowest BCUT2D eigenvalue weighted by molar-refractivity contribution is 0.123. The first-order valence-corrected chi connectivity index (χ1v) is 7.26. The van der Waals surface area contributed by atoms with Gasteiger partial charge in [0.05, 0.1) is 20.3 Å². The van der Waals surface area contributed by atoms with Crippen LogP contribution in [0.4, 0.5) is 0 Å². The summed E-state index contributed by atoms with van der Waals surface area (Å²) in [5.41, 5.74) is 1.96. The van der Waals surface area contributed by atoms with Gasteiger partial charge in [0.25, 0.3) is 0 Å². The van der Waals surface area contributed by atoms with E-state index in [1.807, 2.05) is 55.6 Å². The minimum absolute atomic E-state index is 0.511. The highest BCUT2D eigenvalue weighted by molar-refractivity contribution is 5.40. The third-order valence-corrected chi connectivity index (χ3v) is 3.60. The molecular formula is C18H23NO3. The molecular weight excluding hydrogens is 278 g/mol. The lowest BCUT2D eigenvalue weighted by Crippen LogP contribution is -2.24. The van der Waals surface area contributed by atoms with Crippen molar-refractivity contribution < 1.29 is 14.6 Å². The number of methoxy groups -OCH3 is 2. The fourth-order valence-electron chi connectivity index (χ4n) is 2.44. The molecule has 2 rings (SSSR count). The molecule has 1 unspecified atom stereocenters. The molecule has 0 spiro atoms. The molecule has 0 aliphatic rings. The van der Waals surface area contributed by atoms with E-state index in [2.05, 4.69) is 4.90 Å². The van der Waals surface area contributed by atoms with Crippen molar-refractivity contribution in [1.82, 2.24) is 4.90 Å². The van der Waals surface area contributed by atoms with Gasteiger partial charge >= 0.3 is 0 Å². The Balaban J connectivity index is 2.04. The summed E-state index contributed by atoms with van der Waals surface area (Å²) < 4.78 is 10.7. The maximum atomic E-state index is 10.3. The van der Waals surface area contributed by atoms with Gasteiger partial charge in [-0.3, -0.25) is 4.90 Å². The van der Waals surface area contributed by atoms with Gasteiger partial charge in [-0.25, -0.2) is 0 Å². The zero-order valence-electron chi connectivity index (χ0n) is 13.3. The van der Waals surface area contributed by atoms with Gasteiger partial charge in [-0.2, -0.15) is 0 Å². The molecule has 2 aromatic carbocycles. The number of likely N-dealkylation sites (N-methyl/N-ethyl adjacent to an activating group) is 1. The summed E-state index contributed by atoms with van der Waals surface area (Å²) in [4.78, 5) is 2.06. The van der Waals surface area contributed by atoms with Crippen LogP contribution in [0.1, 0.15) is 17.2 Å². The third kappa shape index (κ3) is 4.23. The van der Waals surface area contributed by atoms with Crippen molar-refractivity contribution in [3.8, 4) is 11.5 Å². The van der Waals surface area contributed by atoms with Crippen molar-refractivity contribution in [1.29, 1.82) is 0 Å². The van der Waals surface area contributed by atoms with Crippen molar-refractivity contribution in [2.24, 2.45) is 0 Å². The average Bonchev–Trinajstić information content (AvgIpc) is 2.55. The second kappa shape index (κ2) is 7.82. The predicted octanol–water partition coefficient (Wildman–Crippen LogP) is 2.87. The molecule has 0 amide bonds. The summed E-state index contributed by atoms with van der Waals surface area (Å²) in [6, 6.07) is 15.4. The number of hydrogen-bond donors (Lipinski definition) is 1. The zero-order chi connectivity index (χ0) is 15.9. The molecule has 0 saturated heterocycles. The minimum atomic E-state index is -0.511. The molecule has 4 heteroatoms. The number of aliphatic hydroxyl groups excluding tert-OH is 1. The first-order chi connectivity index (χ1) is 10.6. The van der Waals surface area contributed by atoms with Crippen molar-refractivity contribution in [3.63, 3.8) is 0 Å². The van der Waals surface area contributed by atoms with Crippen LogP contribution in [0.25, 0.3) is 0 Å². The quantitative estimate of drug-likeness (QED) is 0.854. The van der Waals surface area contributed by atoms with Crippen LogP contribution in [0.2, 0.25) is 0 Å². The van der Waals surface area contributed by atoms with Crippen molar-refractivity contribution in [2.45, 2.75) is 12.6 Å². The van der Waals surface area contributed by atoms with E-state index in [9.17, 15) is 5.11 Å². The van der Waals surface area contributed by atoms with E-state index >= 15 is 0 Å². The SMILES string of the molecule is COc1ccc(OC)c(CN(C)CC(O)c2ccccc2)c1. The number of ether oxygens (including phenoxy) is 2. The van der Waals surface area contributed by atoms with E-state index in [1.165, 1.54) is 0 Å². The van der Waals surface area contributed by atoms with Gasteiger partial charge in [0.15, 0.2) is 0 Å². The molecule has 4 nitrogen and oxygen atoms in total. The Labute approximate surface area is 131 Å². The molecule has 1 N–H and O–H groups in total. The fraction of sp³-hybridized carbons (Fsp3) is 0.333. The molecule has 0 aromatic heterocycles. The highest BCUT2D eigenvalue weighted by atomic mass is 16.5. The van der Waals surface area contributed by atoms with Gasteiger partial charge in [0, 0.05) is 18.7 Å². The van der Waals surface area contributed by atoms with Gasteiger partial charge in [0.2, 0.25) is 0 Å². The molecule has 0 fully saturated rings. The molecule has 0 aliphatic carbocycles. The summed E-state index contributed by atoms with van der Waals surface area (Å²) in [6.07, 6.45) is -0.511. The largest absolute Gasteiger partial charge is 0.497 e. The lowest BCUT2D eigenvalue weighted by atomic mass is 10.1. The average molecular weight is 301 g/mol. The molecule has 0 saturated carbocycles.